The lowest BCUT2D eigenvalue weighted by Gasteiger charge is -2.34. The van der Waals surface area contributed by atoms with Crippen LogP contribution in [0.3, 0.4) is 0 Å². The van der Waals surface area contributed by atoms with Gasteiger partial charge in [0.25, 0.3) is 0 Å². The van der Waals surface area contributed by atoms with E-state index in [0.717, 1.165) is 57.1 Å². The predicted molar refractivity (Wildman–Crippen MR) is 138 cm³/mol. The number of anilines is 2. The summed E-state index contributed by atoms with van der Waals surface area (Å²) in [4.78, 5) is 6.89. The number of rotatable bonds is 5. The van der Waals surface area contributed by atoms with Gasteiger partial charge in [-0.1, -0.05) is 48.5 Å². The Balaban J connectivity index is 1.75. The van der Waals surface area contributed by atoms with Crippen molar-refractivity contribution in [1.29, 1.82) is 0 Å². The number of aromatic nitrogens is 1. The number of fused-ring (bicyclic) bond motifs is 1. The number of para-hydroxylation sites is 1. The first-order chi connectivity index (χ1) is 16.1. The van der Waals surface area contributed by atoms with Gasteiger partial charge < -0.3 is 14.7 Å². The molecule has 5 nitrogen and oxygen atoms in total. The summed E-state index contributed by atoms with van der Waals surface area (Å²) in [5, 5.41) is 6.22. The SMILES string of the molecule is Cc1ccccc1P(=O)(Nc1cccc2cccnc12)c1c(C)cccc1N1CCOCC1. The van der Waals surface area contributed by atoms with Crippen LogP contribution in [0.4, 0.5) is 11.4 Å². The van der Waals surface area contributed by atoms with E-state index in [9.17, 15) is 0 Å². The molecule has 6 heteroatoms. The van der Waals surface area contributed by atoms with Gasteiger partial charge in [0, 0.05) is 35.7 Å². The number of pyridine rings is 1. The third-order valence-electron chi connectivity index (χ3n) is 6.25. The maximum Gasteiger partial charge on any atom is 0.229 e. The second-order valence-electron chi connectivity index (χ2n) is 8.43. The van der Waals surface area contributed by atoms with Crippen molar-refractivity contribution in [3.63, 3.8) is 0 Å². The van der Waals surface area contributed by atoms with Gasteiger partial charge in [0.1, 0.15) is 0 Å². The van der Waals surface area contributed by atoms with Crippen molar-refractivity contribution in [1.82, 2.24) is 4.98 Å². The highest BCUT2D eigenvalue weighted by Crippen LogP contribution is 2.49. The Bertz CT molecular complexity index is 1340. The van der Waals surface area contributed by atoms with E-state index in [4.69, 9.17) is 4.74 Å². The quantitative estimate of drug-likeness (QED) is 0.426. The summed E-state index contributed by atoms with van der Waals surface area (Å²) in [5.41, 5.74) is 4.60. The Kier molecular flexibility index (Phi) is 5.92. The first kappa shape index (κ1) is 21.7. The van der Waals surface area contributed by atoms with Gasteiger partial charge in [-0.05, 0) is 49.2 Å². The molecule has 1 aliphatic heterocycles. The number of nitrogens with zero attached hydrogens (tertiary/aromatic N) is 2. The number of ether oxygens (including phenoxy) is 1. The van der Waals surface area contributed by atoms with Gasteiger partial charge in [-0.15, -0.1) is 0 Å². The fraction of sp³-hybridized carbons (Fsp3) is 0.222. The maximum absolute atomic E-state index is 15.3. The fourth-order valence-electron chi connectivity index (χ4n) is 4.63. The molecule has 168 valence electrons. The van der Waals surface area contributed by atoms with Gasteiger partial charge in [0.05, 0.1) is 29.7 Å². The van der Waals surface area contributed by atoms with Crippen LogP contribution in [0.5, 0.6) is 0 Å². The van der Waals surface area contributed by atoms with Crippen molar-refractivity contribution in [3.8, 4) is 0 Å². The van der Waals surface area contributed by atoms with Crippen molar-refractivity contribution in [3.05, 3.63) is 90.1 Å². The molecule has 1 fully saturated rings. The fourth-order valence-corrected chi connectivity index (χ4v) is 7.60. The molecule has 0 radical (unpaired) electrons. The molecular weight excluding hydrogens is 429 g/mol. The highest BCUT2D eigenvalue weighted by molar-refractivity contribution is 7.80. The van der Waals surface area contributed by atoms with Crippen LogP contribution in [0.1, 0.15) is 11.1 Å². The highest BCUT2D eigenvalue weighted by atomic mass is 31.2. The van der Waals surface area contributed by atoms with E-state index in [1.165, 1.54) is 0 Å². The number of nitrogens with one attached hydrogen (secondary N) is 1. The van der Waals surface area contributed by atoms with Crippen LogP contribution < -0.4 is 20.6 Å². The molecule has 2 heterocycles. The highest BCUT2D eigenvalue weighted by Gasteiger charge is 2.35. The van der Waals surface area contributed by atoms with E-state index in [-0.39, 0.29) is 0 Å². The predicted octanol–water partition coefficient (Wildman–Crippen LogP) is 5.03. The van der Waals surface area contributed by atoms with Crippen molar-refractivity contribution < 1.29 is 9.30 Å². The zero-order valence-corrected chi connectivity index (χ0v) is 19.9. The van der Waals surface area contributed by atoms with Crippen LogP contribution >= 0.6 is 7.29 Å². The molecule has 0 aliphatic carbocycles. The first-order valence-electron chi connectivity index (χ1n) is 11.3. The van der Waals surface area contributed by atoms with Crippen LogP contribution in [0.15, 0.2) is 79.0 Å². The number of benzene rings is 3. The second-order valence-corrected chi connectivity index (χ2v) is 10.8. The molecule has 1 N–H and O–H groups in total. The standard InChI is InChI=1S/C27H28N3O2P/c1-20-8-3-4-14-25(20)33(31,29-23-12-6-10-22-11-7-15-28-26(22)23)27-21(2)9-5-13-24(27)30-16-18-32-19-17-30/h3-15H,16-19H2,1-2H3,(H,29,31). The van der Waals surface area contributed by atoms with E-state index in [1.807, 2.05) is 80.6 Å². The smallest absolute Gasteiger partial charge is 0.229 e. The molecule has 1 unspecified atom stereocenters. The summed E-state index contributed by atoms with van der Waals surface area (Å²) in [7, 11) is -3.30. The van der Waals surface area contributed by atoms with Crippen LogP contribution in [-0.2, 0) is 9.30 Å². The van der Waals surface area contributed by atoms with Crippen molar-refractivity contribution in [2.45, 2.75) is 13.8 Å². The number of hydrogen-bond acceptors (Lipinski definition) is 4. The second kappa shape index (κ2) is 9.01. The van der Waals surface area contributed by atoms with Gasteiger partial charge in [0.15, 0.2) is 0 Å². The summed E-state index contributed by atoms with van der Waals surface area (Å²) in [6.07, 6.45) is 1.78. The van der Waals surface area contributed by atoms with E-state index in [1.54, 1.807) is 6.20 Å². The van der Waals surface area contributed by atoms with Gasteiger partial charge >= 0.3 is 0 Å². The molecule has 0 spiro atoms. The van der Waals surface area contributed by atoms with Crippen molar-refractivity contribution in [2.75, 3.05) is 36.3 Å². The molecule has 0 bridgehead atoms. The Labute approximate surface area is 194 Å². The number of hydrogen-bond donors (Lipinski definition) is 1. The van der Waals surface area contributed by atoms with Crippen molar-refractivity contribution >= 4 is 40.2 Å². The topological polar surface area (TPSA) is 54.5 Å². The van der Waals surface area contributed by atoms with Gasteiger partial charge in [-0.3, -0.25) is 9.55 Å². The number of aryl methyl sites for hydroxylation is 2. The minimum atomic E-state index is -3.30. The Hall–Kier alpha value is -3.14. The molecular formula is C27H28N3O2P. The zero-order valence-electron chi connectivity index (χ0n) is 19.0. The molecule has 1 aromatic heterocycles. The van der Waals surface area contributed by atoms with Gasteiger partial charge in [-0.25, -0.2) is 0 Å². The van der Waals surface area contributed by atoms with E-state index in [0.29, 0.717) is 13.2 Å². The lowest BCUT2D eigenvalue weighted by molar-refractivity contribution is 0.123. The minimum absolute atomic E-state index is 0.669. The zero-order chi connectivity index (χ0) is 22.8. The first-order valence-corrected chi connectivity index (χ1v) is 13.0. The monoisotopic (exact) mass is 457 g/mol. The third kappa shape index (κ3) is 4.03. The molecule has 1 aliphatic rings. The summed E-state index contributed by atoms with van der Waals surface area (Å²) in [5.74, 6) is 0. The minimum Gasteiger partial charge on any atom is -0.378 e. The number of morpholine rings is 1. The Morgan fingerprint density at radius 1 is 0.879 bits per heavy atom. The lowest BCUT2D eigenvalue weighted by Crippen LogP contribution is -2.40. The maximum atomic E-state index is 15.3. The summed E-state index contributed by atoms with van der Waals surface area (Å²) >= 11 is 0. The Morgan fingerprint density at radius 3 is 2.42 bits per heavy atom. The molecule has 1 saturated heterocycles. The van der Waals surface area contributed by atoms with Crippen LogP contribution in [0, 0.1) is 13.8 Å². The largest absolute Gasteiger partial charge is 0.378 e. The van der Waals surface area contributed by atoms with Gasteiger partial charge in [-0.2, -0.15) is 0 Å². The average Bonchev–Trinajstić information content (AvgIpc) is 2.85. The van der Waals surface area contributed by atoms with Gasteiger partial charge in [0.2, 0.25) is 7.29 Å². The normalized spacial score (nSPS) is 15.9. The molecule has 3 aromatic carbocycles. The molecule has 33 heavy (non-hydrogen) atoms. The average molecular weight is 458 g/mol. The summed E-state index contributed by atoms with van der Waals surface area (Å²) in [6.45, 7) is 6.97. The van der Waals surface area contributed by atoms with Crippen molar-refractivity contribution in [2.24, 2.45) is 0 Å². The third-order valence-corrected chi connectivity index (χ3v) is 9.20. The molecule has 1 atom stereocenters. The molecule has 0 amide bonds. The molecule has 4 aromatic rings. The summed E-state index contributed by atoms with van der Waals surface area (Å²) < 4.78 is 20.9. The Morgan fingerprint density at radius 2 is 1.61 bits per heavy atom. The summed E-state index contributed by atoms with van der Waals surface area (Å²) in [6, 6.07) is 24.1. The van der Waals surface area contributed by atoms with Crippen LogP contribution in [-0.4, -0.2) is 31.3 Å². The van der Waals surface area contributed by atoms with E-state index >= 15 is 4.57 Å². The van der Waals surface area contributed by atoms with Crippen LogP contribution in [0.25, 0.3) is 10.9 Å². The van der Waals surface area contributed by atoms with E-state index in [2.05, 4.69) is 21.0 Å². The molecule has 5 rings (SSSR count). The lowest BCUT2D eigenvalue weighted by atomic mass is 10.2. The molecule has 0 saturated carbocycles. The van der Waals surface area contributed by atoms with Crippen LogP contribution in [0.2, 0.25) is 0 Å². The van der Waals surface area contributed by atoms with E-state index < -0.39 is 7.29 Å².